The van der Waals surface area contributed by atoms with Gasteiger partial charge in [-0.25, -0.2) is 8.42 Å². The molecular formula is C20H22N2O6S. The number of carbonyl (C=O) groups excluding carboxylic acids is 2. The molecule has 0 fully saturated rings. The van der Waals surface area contributed by atoms with Gasteiger partial charge < -0.3 is 19.7 Å². The zero-order chi connectivity index (χ0) is 21.2. The summed E-state index contributed by atoms with van der Waals surface area (Å²) in [5, 5.41) is 1.83. The van der Waals surface area contributed by atoms with Gasteiger partial charge in [-0.05, 0) is 31.2 Å². The van der Waals surface area contributed by atoms with E-state index in [0.29, 0.717) is 17.2 Å². The quantitative estimate of drug-likeness (QED) is 0.799. The molecule has 0 aromatic heterocycles. The Morgan fingerprint density at radius 1 is 1.17 bits per heavy atom. The van der Waals surface area contributed by atoms with Crippen molar-refractivity contribution in [2.75, 3.05) is 31.0 Å². The minimum atomic E-state index is -3.66. The molecule has 3 rings (SSSR count). The minimum Gasteiger partial charge on any atom is -0.497 e. The van der Waals surface area contributed by atoms with E-state index < -0.39 is 26.9 Å². The molecule has 0 saturated heterocycles. The van der Waals surface area contributed by atoms with Crippen LogP contribution < -0.4 is 19.7 Å². The SMILES string of the molecule is COc1ccc(NC(=O)CN2C(=O)CC(C)S(=O)(=O)c3ccccc32)c(OC)c1. The highest BCUT2D eigenvalue weighted by atomic mass is 32.2. The van der Waals surface area contributed by atoms with Crippen LogP contribution in [0.15, 0.2) is 47.4 Å². The van der Waals surface area contributed by atoms with E-state index in [1.54, 1.807) is 30.3 Å². The number of carbonyl (C=O) groups is 2. The number of ether oxygens (including phenoxy) is 2. The molecule has 1 aliphatic rings. The summed E-state index contributed by atoms with van der Waals surface area (Å²) in [6.45, 7) is 1.17. The van der Waals surface area contributed by atoms with E-state index in [2.05, 4.69) is 5.32 Å². The van der Waals surface area contributed by atoms with E-state index >= 15 is 0 Å². The molecule has 0 saturated carbocycles. The second kappa shape index (κ2) is 8.12. The third kappa shape index (κ3) is 4.04. The third-order valence-corrected chi connectivity index (χ3v) is 6.92. The van der Waals surface area contributed by atoms with Crippen LogP contribution in [0.25, 0.3) is 0 Å². The molecule has 1 heterocycles. The number of rotatable bonds is 5. The third-order valence-electron chi connectivity index (χ3n) is 4.74. The van der Waals surface area contributed by atoms with Gasteiger partial charge in [0.25, 0.3) is 0 Å². The van der Waals surface area contributed by atoms with Crippen molar-refractivity contribution >= 4 is 33.0 Å². The lowest BCUT2D eigenvalue weighted by molar-refractivity contribution is -0.121. The summed E-state index contributed by atoms with van der Waals surface area (Å²) >= 11 is 0. The van der Waals surface area contributed by atoms with Gasteiger partial charge in [-0.1, -0.05) is 12.1 Å². The highest BCUT2D eigenvalue weighted by molar-refractivity contribution is 7.92. The molecule has 0 bridgehead atoms. The monoisotopic (exact) mass is 418 g/mol. The minimum absolute atomic E-state index is 0.0492. The number of para-hydroxylation sites is 1. The van der Waals surface area contributed by atoms with Crippen molar-refractivity contribution < 1.29 is 27.5 Å². The van der Waals surface area contributed by atoms with Crippen LogP contribution in [-0.2, 0) is 19.4 Å². The molecule has 8 nitrogen and oxygen atoms in total. The Balaban J connectivity index is 1.89. The van der Waals surface area contributed by atoms with Crippen LogP contribution in [0.5, 0.6) is 11.5 Å². The lowest BCUT2D eigenvalue weighted by Crippen LogP contribution is -2.38. The number of nitrogens with one attached hydrogen (secondary N) is 1. The second-order valence-corrected chi connectivity index (χ2v) is 8.96. The van der Waals surface area contributed by atoms with Crippen molar-refractivity contribution in [2.45, 2.75) is 23.5 Å². The summed E-state index contributed by atoms with van der Waals surface area (Å²) in [5.41, 5.74) is 0.619. The van der Waals surface area contributed by atoms with Crippen LogP contribution in [0.1, 0.15) is 13.3 Å². The van der Waals surface area contributed by atoms with E-state index in [0.717, 1.165) is 0 Å². The van der Waals surface area contributed by atoms with Gasteiger partial charge >= 0.3 is 0 Å². The van der Waals surface area contributed by atoms with Crippen molar-refractivity contribution in [2.24, 2.45) is 0 Å². The summed E-state index contributed by atoms with van der Waals surface area (Å²) in [6.07, 6.45) is -0.198. The molecule has 29 heavy (non-hydrogen) atoms. The summed E-state index contributed by atoms with van der Waals surface area (Å²) in [5.74, 6) is 0.0543. The number of anilines is 2. The lowest BCUT2D eigenvalue weighted by Gasteiger charge is -2.22. The Morgan fingerprint density at radius 3 is 2.59 bits per heavy atom. The summed E-state index contributed by atoms with van der Waals surface area (Å²) in [7, 11) is -0.682. The molecule has 154 valence electrons. The Bertz CT molecular complexity index is 1050. The fraction of sp³-hybridized carbons (Fsp3) is 0.300. The predicted molar refractivity (Wildman–Crippen MR) is 108 cm³/mol. The van der Waals surface area contributed by atoms with Crippen LogP contribution >= 0.6 is 0 Å². The van der Waals surface area contributed by atoms with Crippen LogP contribution in [0, 0.1) is 0 Å². The molecule has 1 aliphatic heterocycles. The number of fused-ring (bicyclic) bond motifs is 1. The number of hydrogen-bond acceptors (Lipinski definition) is 6. The van der Waals surface area contributed by atoms with E-state index in [-0.39, 0.29) is 23.5 Å². The maximum absolute atomic E-state index is 12.7. The van der Waals surface area contributed by atoms with Crippen molar-refractivity contribution in [3.8, 4) is 11.5 Å². The number of sulfone groups is 1. The van der Waals surface area contributed by atoms with Gasteiger partial charge in [0, 0.05) is 12.5 Å². The summed E-state index contributed by atoms with van der Waals surface area (Å²) in [4.78, 5) is 26.6. The largest absolute Gasteiger partial charge is 0.497 e. The van der Waals surface area contributed by atoms with Crippen LogP contribution in [0.3, 0.4) is 0 Å². The van der Waals surface area contributed by atoms with Crippen LogP contribution in [0.2, 0.25) is 0 Å². The molecule has 2 amide bonds. The van der Waals surface area contributed by atoms with Gasteiger partial charge in [-0.2, -0.15) is 0 Å². The van der Waals surface area contributed by atoms with E-state index in [1.807, 2.05) is 0 Å². The Hall–Kier alpha value is -3.07. The van der Waals surface area contributed by atoms with E-state index in [1.165, 1.54) is 38.2 Å². The van der Waals surface area contributed by atoms with Gasteiger partial charge in [-0.3, -0.25) is 9.59 Å². The van der Waals surface area contributed by atoms with Crippen molar-refractivity contribution in [1.82, 2.24) is 0 Å². The van der Waals surface area contributed by atoms with Gasteiger partial charge in [0.05, 0.1) is 35.7 Å². The number of nitrogens with zero attached hydrogens (tertiary/aromatic N) is 1. The summed E-state index contributed by atoms with van der Waals surface area (Å²) < 4.78 is 35.9. The lowest BCUT2D eigenvalue weighted by atomic mass is 10.2. The van der Waals surface area contributed by atoms with Gasteiger partial charge in [0.15, 0.2) is 9.84 Å². The molecule has 1 atom stereocenters. The zero-order valence-corrected chi connectivity index (χ0v) is 17.2. The molecule has 1 N–H and O–H groups in total. The first-order chi connectivity index (χ1) is 13.8. The van der Waals surface area contributed by atoms with Crippen LogP contribution in [-0.4, -0.2) is 46.2 Å². The Morgan fingerprint density at radius 2 is 1.90 bits per heavy atom. The number of benzene rings is 2. The highest BCUT2D eigenvalue weighted by Crippen LogP contribution is 2.33. The first-order valence-electron chi connectivity index (χ1n) is 8.93. The molecule has 1 unspecified atom stereocenters. The smallest absolute Gasteiger partial charge is 0.244 e. The zero-order valence-electron chi connectivity index (χ0n) is 16.3. The second-order valence-electron chi connectivity index (χ2n) is 6.62. The first kappa shape index (κ1) is 20.7. The van der Waals surface area contributed by atoms with E-state index in [9.17, 15) is 18.0 Å². The van der Waals surface area contributed by atoms with Crippen molar-refractivity contribution in [3.63, 3.8) is 0 Å². The average Bonchev–Trinajstić information content (AvgIpc) is 2.77. The number of hydrogen-bond donors (Lipinski definition) is 1. The average molecular weight is 418 g/mol. The molecule has 9 heteroatoms. The van der Waals surface area contributed by atoms with Crippen LogP contribution in [0.4, 0.5) is 11.4 Å². The van der Waals surface area contributed by atoms with Gasteiger partial charge in [0.2, 0.25) is 11.8 Å². The molecular weight excluding hydrogens is 396 g/mol. The topological polar surface area (TPSA) is 102 Å². The molecule has 2 aromatic carbocycles. The standard InChI is InChI=1S/C20H22N2O6S/c1-13-10-20(24)22(16-6-4-5-7-18(16)29(13,25)26)12-19(23)21-15-9-8-14(27-2)11-17(15)28-3/h4-9,11,13H,10,12H2,1-3H3,(H,21,23). The number of methoxy groups -OCH3 is 2. The molecule has 2 aromatic rings. The normalized spacial score (nSPS) is 17.8. The predicted octanol–water partition coefficient (Wildman–Crippen LogP) is 2.24. The molecule has 0 radical (unpaired) electrons. The van der Waals surface area contributed by atoms with Crippen molar-refractivity contribution in [1.29, 1.82) is 0 Å². The van der Waals surface area contributed by atoms with Gasteiger partial charge in [0.1, 0.15) is 18.0 Å². The van der Waals surface area contributed by atoms with Crippen molar-refractivity contribution in [3.05, 3.63) is 42.5 Å². The summed E-state index contributed by atoms with van der Waals surface area (Å²) in [6, 6.07) is 11.1. The highest BCUT2D eigenvalue weighted by Gasteiger charge is 2.36. The number of amides is 2. The molecule has 0 aliphatic carbocycles. The molecule has 0 spiro atoms. The maximum atomic E-state index is 12.7. The first-order valence-corrected chi connectivity index (χ1v) is 10.5. The maximum Gasteiger partial charge on any atom is 0.244 e. The Labute approximate surface area is 169 Å². The van der Waals surface area contributed by atoms with Gasteiger partial charge in [-0.15, -0.1) is 0 Å². The Kier molecular flexibility index (Phi) is 5.78. The van der Waals surface area contributed by atoms with E-state index in [4.69, 9.17) is 9.47 Å². The fourth-order valence-corrected chi connectivity index (χ4v) is 4.68. The fourth-order valence-electron chi connectivity index (χ4n) is 3.15.